The van der Waals surface area contributed by atoms with Crippen molar-refractivity contribution in [1.29, 1.82) is 0 Å². The molecule has 0 bridgehead atoms. The van der Waals surface area contributed by atoms with E-state index in [-0.39, 0.29) is 17.2 Å². The van der Waals surface area contributed by atoms with Crippen molar-refractivity contribution < 1.29 is 9.53 Å². The highest BCUT2D eigenvalue weighted by Crippen LogP contribution is 2.17. The summed E-state index contributed by atoms with van der Waals surface area (Å²) >= 11 is 2.90. The molecule has 1 heterocycles. The van der Waals surface area contributed by atoms with E-state index in [1.54, 1.807) is 36.0 Å². The number of benzene rings is 1. The second-order valence-electron chi connectivity index (χ2n) is 4.97. The molecule has 0 saturated heterocycles. The van der Waals surface area contributed by atoms with Crippen LogP contribution in [0.2, 0.25) is 0 Å². The van der Waals surface area contributed by atoms with Gasteiger partial charge in [0.2, 0.25) is 5.91 Å². The van der Waals surface area contributed by atoms with Gasteiger partial charge in [-0.25, -0.2) is 4.98 Å². The number of aromatic nitrogens is 2. The van der Waals surface area contributed by atoms with Gasteiger partial charge in [0, 0.05) is 17.5 Å². The van der Waals surface area contributed by atoms with Gasteiger partial charge in [0.1, 0.15) is 5.75 Å². The van der Waals surface area contributed by atoms with Gasteiger partial charge in [-0.05, 0) is 36.9 Å². The van der Waals surface area contributed by atoms with Gasteiger partial charge in [-0.3, -0.25) is 9.59 Å². The average molecular weight is 380 g/mol. The van der Waals surface area contributed by atoms with E-state index < -0.39 is 0 Å². The number of nitrogens with zero attached hydrogens (tertiary/aromatic N) is 1. The number of thioether (sulfide) groups is 2. The first kappa shape index (κ1) is 19.4. The van der Waals surface area contributed by atoms with Crippen molar-refractivity contribution in [2.75, 3.05) is 23.4 Å². The number of rotatable bonds is 9. The number of hydrogen-bond donors (Lipinski definition) is 2. The van der Waals surface area contributed by atoms with Gasteiger partial charge in [0.25, 0.3) is 5.56 Å². The lowest BCUT2D eigenvalue weighted by Crippen LogP contribution is -2.15. The molecule has 0 spiro atoms. The Labute approximate surface area is 155 Å². The fraction of sp³-hybridized carbons (Fsp3) is 0.353. The van der Waals surface area contributed by atoms with E-state index in [9.17, 15) is 9.59 Å². The summed E-state index contributed by atoms with van der Waals surface area (Å²) in [5, 5.41) is 3.27. The van der Waals surface area contributed by atoms with Gasteiger partial charge in [-0.2, -0.15) is 11.8 Å². The molecular formula is C17H21N3O3S2. The van der Waals surface area contributed by atoms with Crippen molar-refractivity contribution in [3.8, 4) is 5.75 Å². The van der Waals surface area contributed by atoms with Crippen LogP contribution in [0.1, 0.15) is 19.5 Å². The molecule has 0 fully saturated rings. The molecule has 2 rings (SSSR count). The molecular weight excluding hydrogens is 358 g/mol. The Bertz CT molecular complexity index is 748. The SMILES string of the molecule is CCOc1ccc(NC(=O)CSc2nc(CSCC)cc(=O)[nH]2)cc1. The Kier molecular flexibility index (Phi) is 7.87. The summed E-state index contributed by atoms with van der Waals surface area (Å²) in [5.74, 6) is 2.41. The van der Waals surface area contributed by atoms with Gasteiger partial charge in [-0.1, -0.05) is 18.7 Å². The van der Waals surface area contributed by atoms with Gasteiger partial charge in [0.05, 0.1) is 18.1 Å². The van der Waals surface area contributed by atoms with Crippen molar-refractivity contribution in [1.82, 2.24) is 9.97 Å². The summed E-state index contributed by atoms with van der Waals surface area (Å²) in [6, 6.07) is 8.68. The van der Waals surface area contributed by atoms with Crippen molar-refractivity contribution in [2.24, 2.45) is 0 Å². The first-order chi connectivity index (χ1) is 12.1. The van der Waals surface area contributed by atoms with Crippen LogP contribution in [0, 0.1) is 0 Å². The summed E-state index contributed by atoms with van der Waals surface area (Å²) in [6.45, 7) is 4.57. The number of anilines is 1. The number of nitrogens with one attached hydrogen (secondary N) is 2. The van der Waals surface area contributed by atoms with Gasteiger partial charge in [0.15, 0.2) is 5.16 Å². The summed E-state index contributed by atoms with van der Waals surface area (Å²) in [5.41, 5.74) is 1.23. The zero-order valence-electron chi connectivity index (χ0n) is 14.2. The molecule has 6 nitrogen and oxygen atoms in total. The Hall–Kier alpha value is -1.93. The monoisotopic (exact) mass is 379 g/mol. The molecule has 0 radical (unpaired) electrons. The Balaban J connectivity index is 1.89. The van der Waals surface area contributed by atoms with Crippen LogP contribution in [0.5, 0.6) is 5.75 Å². The van der Waals surface area contributed by atoms with E-state index in [2.05, 4.69) is 22.2 Å². The zero-order chi connectivity index (χ0) is 18.1. The second kappa shape index (κ2) is 10.1. The van der Waals surface area contributed by atoms with Crippen molar-refractivity contribution in [2.45, 2.75) is 24.8 Å². The summed E-state index contributed by atoms with van der Waals surface area (Å²) < 4.78 is 5.36. The van der Waals surface area contributed by atoms with Gasteiger partial charge < -0.3 is 15.0 Å². The van der Waals surface area contributed by atoms with E-state index in [1.807, 2.05) is 6.92 Å². The minimum Gasteiger partial charge on any atom is -0.494 e. The lowest BCUT2D eigenvalue weighted by molar-refractivity contribution is -0.113. The standard InChI is InChI=1S/C17H21N3O3S2/c1-3-23-14-7-5-12(6-8-14)18-16(22)11-25-17-19-13(10-24-4-2)9-15(21)20-17/h5-9H,3-4,10-11H2,1-2H3,(H,18,22)(H,19,20,21). The van der Waals surface area contributed by atoms with E-state index in [0.717, 1.165) is 17.2 Å². The maximum Gasteiger partial charge on any atom is 0.251 e. The molecule has 0 saturated carbocycles. The Morgan fingerprint density at radius 3 is 2.72 bits per heavy atom. The predicted molar refractivity (Wildman–Crippen MR) is 104 cm³/mol. The maximum atomic E-state index is 12.1. The Morgan fingerprint density at radius 1 is 1.28 bits per heavy atom. The Morgan fingerprint density at radius 2 is 2.04 bits per heavy atom. The molecule has 8 heteroatoms. The number of amides is 1. The van der Waals surface area contributed by atoms with E-state index >= 15 is 0 Å². The number of H-pyrrole nitrogens is 1. The fourth-order valence-corrected chi connectivity index (χ4v) is 3.22. The lowest BCUT2D eigenvalue weighted by atomic mass is 10.3. The molecule has 1 amide bonds. The molecule has 0 atom stereocenters. The van der Waals surface area contributed by atoms with Crippen LogP contribution >= 0.6 is 23.5 Å². The van der Waals surface area contributed by atoms with Crippen molar-refractivity contribution >= 4 is 35.1 Å². The smallest absolute Gasteiger partial charge is 0.251 e. The van der Waals surface area contributed by atoms with Crippen LogP contribution in [0.15, 0.2) is 40.3 Å². The van der Waals surface area contributed by atoms with Crippen LogP contribution < -0.4 is 15.6 Å². The third kappa shape index (κ3) is 6.83. The summed E-state index contributed by atoms with van der Waals surface area (Å²) in [6.07, 6.45) is 0. The molecule has 0 aliphatic rings. The molecule has 0 unspecified atom stereocenters. The van der Waals surface area contributed by atoms with Crippen LogP contribution in [0.25, 0.3) is 0 Å². The largest absolute Gasteiger partial charge is 0.494 e. The molecule has 2 aromatic rings. The quantitative estimate of drug-likeness (QED) is 0.514. The number of hydrogen-bond acceptors (Lipinski definition) is 6. The van der Waals surface area contributed by atoms with Crippen LogP contribution in [-0.2, 0) is 10.5 Å². The molecule has 1 aromatic heterocycles. The highest BCUT2D eigenvalue weighted by molar-refractivity contribution is 7.99. The van der Waals surface area contributed by atoms with E-state index in [0.29, 0.717) is 23.2 Å². The highest BCUT2D eigenvalue weighted by atomic mass is 32.2. The number of carbonyl (C=O) groups excluding carboxylic acids is 1. The predicted octanol–water partition coefficient (Wildman–Crippen LogP) is 3.15. The fourth-order valence-electron chi connectivity index (χ4n) is 1.96. The second-order valence-corrected chi connectivity index (χ2v) is 7.21. The minimum atomic E-state index is -0.198. The topological polar surface area (TPSA) is 84.1 Å². The maximum absolute atomic E-state index is 12.1. The summed E-state index contributed by atoms with van der Waals surface area (Å²) in [4.78, 5) is 30.7. The van der Waals surface area contributed by atoms with E-state index in [4.69, 9.17) is 4.74 Å². The van der Waals surface area contributed by atoms with Gasteiger partial charge >= 0.3 is 0 Å². The number of carbonyl (C=O) groups is 1. The molecule has 25 heavy (non-hydrogen) atoms. The first-order valence-corrected chi connectivity index (χ1v) is 10.1. The molecule has 1 aromatic carbocycles. The molecule has 0 aliphatic heterocycles. The van der Waals surface area contributed by atoms with Crippen LogP contribution in [0.4, 0.5) is 5.69 Å². The van der Waals surface area contributed by atoms with Crippen molar-refractivity contribution in [3.63, 3.8) is 0 Å². The molecule has 134 valence electrons. The highest BCUT2D eigenvalue weighted by Gasteiger charge is 2.07. The number of aromatic amines is 1. The average Bonchev–Trinajstić information content (AvgIpc) is 2.60. The first-order valence-electron chi connectivity index (χ1n) is 7.94. The third-order valence-electron chi connectivity index (χ3n) is 3.02. The normalized spacial score (nSPS) is 10.5. The minimum absolute atomic E-state index is 0.162. The van der Waals surface area contributed by atoms with Gasteiger partial charge in [-0.15, -0.1) is 0 Å². The zero-order valence-corrected chi connectivity index (χ0v) is 15.8. The van der Waals surface area contributed by atoms with Crippen LogP contribution in [0.3, 0.4) is 0 Å². The summed E-state index contributed by atoms with van der Waals surface area (Å²) in [7, 11) is 0. The van der Waals surface area contributed by atoms with Crippen LogP contribution in [-0.4, -0.2) is 34.0 Å². The lowest BCUT2D eigenvalue weighted by Gasteiger charge is -2.07. The number of ether oxygens (including phenoxy) is 1. The third-order valence-corrected chi connectivity index (χ3v) is 4.80. The van der Waals surface area contributed by atoms with Crippen molar-refractivity contribution in [3.05, 3.63) is 46.4 Å². The molecule has 0 aliphatic carbocycles. The molecule has 2 N–H and O–H groups in total. The van der Waals surface area contributed by atoms with E-state index in [1.165, 1.54) is 17.8 Å².